The summed E-state index contributed by atoms with van der Waals surface area (Å²) in [5.41, 5.74) is 2.04. The second-order valence-electron chi connectivity index (χ2n) is 5.51. The number of hydrogen-bond donors (Lipinski definition) is 1. The van der Waals surface area contributed by atoms with Gasteiger partial charge in [-0.1, -0.05) is 19.1 Å². The van der Waals surface area contributed by atoms with Gasteiger partial charge in [-0.3, -0.25) is 4.79 Å². The van der Waals surface area contributed by atoms with Crippen LogP contribution in [0.2, 0.25) is 0 Å². The Morgan fingerprint density at radius 2 is 1.89 bits per heavy atom. The zero-order valence-corrected chi connectivity index (χ0v) is 12.0. The molecule has 2 rings (SSSR count). The van der Waals surface area contributed by atoms with Crippen molar-refractivity contribution in [2.45, 2.75) is 26.2 Å². The van der Waals surface area contributed by atoms with Crippen LogP contribution in [0.4, 0.5) is 0 Å². The number of benzene rings is 1. The minimum atomic E-state index is 0.0570. The molecule has 0 saturated carbocycles. The number of hydrogen-bond acceptors (Lipinski definition) is 2. The molecule has 1 saturated heterocycles. The molecular weight excluding hydrogens is 236 g/mol. The van der Waals surface area contributed by atoms with Gasteiger partial charge in [-0.2, -0.15) is 0 Å². The maximum atomic E-state index is 12.0. The first-order chi connectivity index (χ1) is 9.19. The molecule has 1 aromatic carbocycles. The number of carbonyl (C=O) groups excluding carboxylic acids is 1. The Kier molecular flexibility index (Phi) is 4.97. The van der Waals surface area contributed by atoms with Crippen LogP contribution in [-0.4, -0.2) is 37.5 Å². The molecule has 1 aliphatic heterocycles. The molecule has 3 nitrogen and oxygen atoms in total. The monoisotopic (exact) mass is 260 g/mol. The number of nitrogens with one attached hydrogen (secondary N) is 1. The first-order valence-corrected chi connectivity index (χ1v) is 7.24. The Balaban J connectivity index is 1.80. The lowest BCUT2D eigenvalue weighted by atomic mass is 9.97. The summed E-state index contributed by atoms with van der Waals surface area (Å²) in [6.07, 6.45) is 3.38. The summed E-state index contributed by atoms with van der Waals surface area (Å²) in [5.74, 6) is 0.691. The lowest BCUT2D eigenvalue weighted by Gasteiger charge is -2.28. The lowest BCUT2D eigenvalue weighted by Crippen LogP contribution is -2.36. The lowest BCUT2D eigenvalue weighted by molar-refractivity contribution is 0.0939. The summed E-state index contributed by atoms with van der Waals surface area (Å²) >= 11 is 0. The molecule has 0 aliphatic carbocycles. The smallest absolute Gasteiger partial charge is 0.251 e. The molecule has 1 fully saturated rings. The highest BCUT2D eigenvalue weighted by Crippen LogP contribution is 2.15. The summed E-state index contributed by atoms with van der Waals surface area (Å²) < 4.78 is 0. The molecular formula is C16H24N2O. The minimum absolute atomic E-state index is 0.0570. The van der Waals surface area contributed by atoms with Crippen LogP contribution >= 0.6 is 0 Å². The summed E-state index contributed by atoms with van der Waals surface area (Å²) in [7, 11) is 2.16. The fourth-order valence-corrected chi connectivity index (χ4v) is 2.50. The second kappa shape index (κ2) is 6.71. The number of aryl methyl sites for hydroxylation is 1. The molecule has 1 N–H and O–H groups in total. The van der Waals surface area contributed by atoms with E-state index in [0.717, 1.165) is 31.6 Å². The van der Waals surface area contributed by atoms with Crippen LogP contribution in [-0.2, 0) is 6.42 Å². The van der Waals surface area contributed by atoms with Gasteiger partial charge in [0.2, 0.25) is 0 Å². The molecule has 0 spiro atoms. The molecule has 0 radical (unpaired) electrons. The van der Waals surface area contributed by atoms with Crippen molar-refractivity contribution in [3.05, 3.63) is 35.4 Å². The maximum Gasteiger partial charge on any atom is 0.251 e. The van der Waals surface area contributed by atoms with Gasteiger partial charge in [0.05, 0.1) is 0 Å². The van der Waals surface area contributed by atoms with Crippen molar-refractivity contribution in [3.8, 4) is 0 Å². The van der Waals surface area contributed by atoms with Gasteiger partial charge < -0.3 is 10.2 Å². The van der Waals surface area contributed by atoms with E-state index in [4.69, 9.17) is 0 Å². The molecule has 19 heavy (non-hydrogen) atoms. The summed E-state index contributed by atoms with van der Waals surface area (Å²) in [6, 6.07) is 7.90. The minimum Gasteiger partial charge on any atom is -0.352 e. The van der Waals surface area contributed by atoms with E-state index in [-0.39, 0.29) is 5.91 Å². The molecule has 1 aromatic rings. The van der Waals surface area contributed by atoms with Gasteiger partial charge in [0.1, 0.15) is 0 Å². The molecule has 1 heterocycles. The van der Waals surface area contributed by atoms with E-state index in [1.165, 1.54) is 18.4 Å². The Morgan fingerprint density at radius 1 is 1.26 bits per heavy atom. The highest BCUT2D eigenvalue weighted by atomic mass is 16.1. The van der Waals surface area contributed by atoms with Crippen molar-refractivity contribution in [1.82, 2.24) is 10.2 Å². The molecule has 104 valence electrons. The van der Waals surface area contributed by atoms with Gasteiger partial charge >= 0.3 is 0 Å². The number of likely N-dealkylation sites (tertiary alicyclic amines) is 1. The molecule has 3 heteroatoms. The van der Waals surface area contributed by atoms with Crippen LogP contribution < -0.4 is 5.32 Å². The van der Waals surface area contributed by atoms with E-state index >= 15 is 0 Å². The maximum absolute atomic E-state index is 12.0. The Bertz CT molecular complexity index is 405. The first kappa shape index (κ1) is 14.1. The van der Waals surface area contributed by atoms with Gasteiger partial charge in [0, 0.05) is 12.1 Å². The van der Waals surface area contributed by atoms with Crippen molar-refractivity contribution in [1.29, 1.82) is 0 Å². The predicted octanol–water partition coefficient (Wildman–Crippen LogP) is 2.32. The predicted molar refractivity (Wildman–Crippen MR) is 78.4 cm³/mol. The molecule has 0 bridgehead atoms. The topological polar surface area (TPSA) is 32.3 Å². The zero-order valence-electron chi connectivity index (χ0n) is 12.0. The second-order valence-corrected chi connectivity index (χ2v) is 5.51. The van der Waals surface area contributed by atoms with Crippen LogP contribution in [0, 0.1) is 5.92 Å². The van der Waals surface area contributed by atoms with Crippen molar-refractivity contribution in [3.63, 3.8) is 0 Å². The van der Waals surface area contributed by atoms with Gasteiger partial charge in [-0.05, 0) is 63.0 Å². The number of amides is 1. The van der Waals surface area contributed by atoms with E-state index in [2.05, 4.69) is 24.2 Å². The van der Waals surface area contributed by atoms with Crippen LogP contribution in [0.5, 0.6) is 0 Å². The van der Waals surface area contributed by atoms with Gasteiger partial charge in [-0.25, -0.2) is 0 Å². The quantitative estimate of drug-likeness (QED) is 0.901. The number of carbonyl (C=O) groups is 1. The van der Waals surface area contributed by atoms with Crippen LogP contribution in [0.15, 0.2) is 24.3 Å². The van der Waals surface area contributed by atoms with E-state index < -0.39 is 0 Å². The molecule has 0 unspecified atom stereocenters. The Labute approximate surface area is 116 Å². The van der Waals surface area contributed by atoms with E-state index in [0.29, 0.717) is 5.92 Å². The molecule has 0 atom stereocenters. The van der Waals surface area contributed by atoms with Crippen molar-refractivity contribution in [2.24, 2.45) is 5.92 Å². The van der Waals surface area contributed by atoms with E-state index in [9.17, 15) is 4.79 Å². The molecule has 1 aliphatic rings. The normalized spacial score (nSPS) is 17.4. The number of rotatable bonds is 4. The highest BCUT2D eigenvalue weighted by Gasteiger charge is 2.17. The number of piperidine rings is 1. The third kappa shape index (κ3) is 4.06. The number of nitrogens with zero attached hydrogens (tertiary/aromatic N) is 1. The standard InChI is InChI=1S/C16H24N2O/c1-3-13-4-6-15(7-5-13)16(19)17-12-14-8-10-18(2)11-9-14/h4-7,14H,3,8-12H2,1-2H3,(H,17,19). The first-order valence-electron chi connectivity index (χ1n) is 7.24. The van der Waals surface area contributed by atoms with Gasteiger partial charge in [0.15, 0.2) is 0 Å². The summed E-state index contributed by atoms with van der Waals surface area (Å²) in [5, 5.41) is 3.06. The van der Waals surface area contributed by atoms with E-state index in [1.54, 1.807) is 0 Å². The van der Waals surface area contributed by atoms with Crippen molar-refractivity contribution < 1.29 is 4.79 Å². The third-order valence-electron chi connectivity index (χ3n) is 4.01. The van der Waals surface area contributed by atoms with Crippen LogP contribution in [0.1, 0.15) is 35.7 Å². The zero-order chi connectivity index (χ0) is 13.7. The van der Waals surface area contributed by atoms with Crippen LogP contribution in [0.3, 0.4) is 0 Å². The fraction of sp³-hybridized carbons (Fsp3) is 0.562. The van der Waals surface area contributed by atoms with Gasteiger partial charge in [-0.15, -0.1) is 0 Å². The Hall–Kier alpha value is -1.35. The largest absolute Gasteiger partial charge is 0.352 e. The van der Waals surface area contributed by atoms with Gasteiger partial charge in [0.25, 0.3) is 5.91 Å². The third-order valence-corrected chi connectivity index (χ3v) is 4.01. The average molecular weight is 260 g/mol. The molecule has 1 amide bonds. The van der Waals surface area contributed by atoms with E-state index in [1.807, 2.05) is 24.3 Å². The highest BCUT2D eigenvalue weighted by molar-refractivity contribution is 5.94. The average Bonchev–Trinajstić information content (AvgIpc) is 2.46. The molecule has 0 aromatic heterocycles. The fourth-order valence-electron chi connectivity index (χ4n) is 2.50. The van der Waals surface area contributed by atoms with Crippen LogP contribution in [0.25, 0.3) is 0 Å². The summed E-state index contributed by atoms with van der Waals surface area (Å²) in [6.45, 7) is 5.22. The van der Waals surface area contributed by atoms with Crippen molar-refractivity contribution in [2.75, 3.05) is 26.7 Å². The Morgan fingerprint density at radius 3 is 2.47 bits per heavy atom. The SMILES string of the molecule is CCc1ccc(C(=O)NCC2CCN(C)CC2)cc1. The van der Waals surface area contributed by atoms with Crippen molar-refractivity contribution >= 4 is 5.91 Å². The summed E-state index contributed by atoms with van der Waals surface area (Å²) in [4.78, 5) is 14.4.